The van der Waals surface area contributed by atoms with Gasteiger partial charge < -0.3 is 10.5 Å². The number of non-ortho nitro benzene ring substituents is 1. The zero-order valence-electron chi connectivity index (χ0n) is 11.7. The minimum Gasteiger partial charge on any atom is -0.462 e. The zero-order valence-corrected chi connectivity index (χ0v) is 11.7. The molecular weight excluding hydrogens is 276 g/mol. The maximum Gasteiger partial charge on any atom is 0.338 e. The molecule has 1 aromatic rings. The first-order valence-electron chi connectivity index (χ1n) is 6.24. The Labute approximate surface area is 121 Å². The molecule has 0 heterocycles. The Kier molecular flexibility index (Phi) is 5.59. The molecule has 0 fully saturated rings. The van der Waals surface area contributed by atoms with Gasteiger partial charge in [-0.15, -0.1) is 0 Å². The van der Waals surface area contributed by atoms with Crippen LogP contribution in [0.2, 0.25) is 0 Å². The van der Waals surface area contributed by atoms with Crippen LogP contribution in [0, 0.1) is 16.0 Å². The van der Waals surface area contributed by atoms with Gasteiger partial charge in [0.25, 0.3) is 5.69 Å². The topological polar surface area (TPSA) is 113 Å². The van der Waals surface area contributed by atoms with Crippen molar-refractivity contribution in [3.63, 3.8) is 0 Å². The first-order chi connectivity index (χ1) is 9.81. The number of amides is 1. The number of rotatable bonds is 6. The molecule has 7 heteroatoms. The normalized spacial score (nSPS) is 11.3. The van der Waals surface area contributed by atoms with E-state index in [2.05, 4.69) is 0 Å². The van der Waals surface area contributed by atoms with Gasteiger partial charge in [-0.3, -0.25) is 14.9 Å². The molecule has 0 aliphatic carbocycles. The lowest BCUT2D eigenvalue weighted by molar-refractivity contribution is -0.384. The summed E-state index contributed by atoms with van der Waals surface area (Å²) in [7, 11) is 0. The number of ether oxygens (including phenoxy) is 1. The van der Waals surface area contributed by atoms with Crippen molar-refractivity contribution in [2.75, 3.05) is 6.61 Å². The SMILES string of the molecule is CC(C)COC(=O)C(=CC(N)=O)c1ccc([N+](=O)[O-])cc1. The first kappa shape index (κ1) is 16.4. The van der Waals surface area contributed by atoms with E-state index in [0.717, 1.165) is 6.08 Å². The van der Waals surface area contributed by atoms with Gasteiger partial charge in [0.1, 0.15) is 0 Å². The van der Waals surface area contributed by atoms with Gasteiger partial charge >= 0.3 is 5.97 Å². The largest absolute Gasteiger partial charge is 0.462 e. The highest BCUT2D eigenvalue weighted by Crippen LogP contribution is 2.20. The summed E-state index contributed by atoms with van der Waals surface area (Å²) in [6.45, 7) is 3.94. The van der Waals surface area contributed by atoms with Crippen LogP contribution in [0.4, 0.5) is 5.69 Å². The summed E-state index contributed by atoms with van der Waals surface area (Å²) in [5, 5.41) is 10.6. The number of carbonyl (C=O) groups excluding carboxylic acids is 2. The van der Waals surface area contributed by atoms with Gasteiger partial charge in [0.15, 0.2) is 0 Å². The fourth-order valence-electron chi connectivity index (χ4n) is 1.49. The summed E-state index contributed by atoms with van der Waals surface area (Å²) in [6.07, 6.45) is 0.948. The molecule has 21 heavy (non-hydrogen) atoms. The molecule has 1 amide bonds. The van der Waals surface area contributed by atoms with Crippen molar-refractivity contribution in [1.82, 2.24) is 0 Å². The summed E-state index contributed by atoms with van der Waals surface area (Å²) in [4.78, 5) is 33.0. The molecule has 0 aromatic heterocycles. The van der Waals surface area contributed by atoms with E-state index in [9.17, 15) is 19.7 Å². The smallest absolute Gasteiger partial charge is 0.338 e. The van der Waals surface area contributed by atoms with Gasteiger partial charge in [-0.1, -0.05) is 13.8 Å². The van der Waals surface area contributed by atoms with Crippen molar-refractivity contribution in [1.29, 1.82) is 0 Å². The van der Waals surface area contributed by atoms with Crippen LogP contribution < -0.4 is 5.73 Å². The summed E-state index contributed by atoms with van der Waals surface area (Å²) in [5.74, 6) is -1.36. The average Bonchev–Trinajstić information content (AvgIpc) is 2.42. The number of nitro groups is 1. The minimum atomic E-state index is -0.801. The van der Waals surface area contributed by atoms with Gasteiger partial charge in [0, 0.05) is 18.2 Å². The number of primary amides is 1. The van der Waals surface area contributed by atoms with Crippen molar-refractivity contribution >= 4 is 23.1 Å². The molecule has 112 valence electrons. The number of benzene rings is 1. The van der Waals surface area contributed by atoms with Gasteiger partial charge in [-0.05, 0) is 23.6 Å². The fourth-order valence-corrected chi connectivity index (χ4v) is 1.49. The molecule has 0 unspecified atom stereocenters. The summed E-state index contributed by atoms with van der Waals surface area (Å²) in [5.41, 5.74) is 5.25. The van der Waals surface area contributed by atoms with Crippen molar-refractivity contribution in [3.05, 3.63) is 46.0 Å². The van der Waals surface area contributed by atoms with Gasteiger partial charge in [0.05, 0.1) is 17.1 Å². The van der Waals surface area contributed by atoms with Crippen molar-refractivity contribution in [2.45, 2.75) is 13.8 Å². The van der Waals surface area contributed by atoms with Crippen LogP contribution >= 0.6 is 0 Å². The first-order valence-corrected chi connectivity index (χ1v) is 6.24. The van der Waals surface area contributed by atoms with Crippen LogP contribution in [0.3, 0.4) is 0 Å². The molecule has 2 N–H and O–H groups in total. The highest BCUT2D eigenvalue weighted by molar-refractivity contribution is 6.20. The van der Waals surface area contributed by atoms with E-state index in [0.29, 0.717) is 5.56 Å². The standard InChI is InChI=1S/C14H16N2O5/c1-9(2)8-21-14(18)12(7-13(15)17)10-3-5-11(6-4-10)16(19)20/h3-7,9H,8H2,1-2H3,(H2,15,17). The maximum absolute atomic E-state index is 12.0. The Morgan fingerprint density at radius 2 is 1.90 bits per heavy atom. The highest BCUT2D eigenvalue weighted by Gasteiger charge is 2.16. The molecule has 0 atom stereocenters. The number of esters is 1. The molecule has 0 aliphatic heterocycles. The predicted molar refractivity (Wildman–Crippen MR) is 76.1 cm³/mol. The van der Waals surface area contributed by atoms with Crippen LogP contribution in [0.15, 0.2) is 30.3 Å². The Morgan fingerprint density at radius 1 is 1.33 bits per heavy atom. The predicted octanol–water partition coefficient (Wildman–Crippen LogP) is 1.66. The minimum absolute atomic E-state index is 0.0296. The van der Waals surface area contributed by atoms with Crippen molar-refractivity contribution in [3.8, 4) is 0 Å². The Hall–Kier alpha value is -2.70. The number of hydrogen-bond donors (Lipinski definition) is 1. The number of nitro benzene ring substituents is 1. The number of nitrogens with two attached hydrogens (primary N) is 1. The maximum atomic E-state index is 12.0. The molecule has 0 aliphatic rings. The van der Waals surface area contributed by atoms with Gasteiger partial charge in [-0.25, -0.2) is 4.79 Å². The summed E-state index contributed by atoms with van der Waals surface area (Å²) < 4.78 is 5.05. The highest BCUT2D eigenvalue weighted by atomic mass is 16.6. The molecule has 1 aromatic carbocycles. The number of carbonyl (C=O) groups is 2. The Balaban J connectivity index is 3.05. The third-order valence-electron chi connectivity index (χ3n) is 2.44. The van der Waals surface area contributed by atoms with Crippen LogP contribution in [0.25, 0.3) is 5.57 Å². The fraction of sp³-hybridized carbons (Fsp3) is 0.286. The second-order valence-electron chi connectivity index (χ2n) is 4.76. The molecule has 7 nitrogen and oxygen atoms in total. The third kappa shape index (κ3) is 5.06. The molecule has 0 bridgehead atoms. The number of nitrogens with zero attached hydrogens (tertiary/aromatic N) is 1. The second kappa shape index (κ2) is 7.18. The van der Waals surface area contributed by atoms with E-state index in [1.54, 1.807) is 0 Å². The lowest BCUT2D eigenvalue weighted by Gasteiger charge is -2.10. The molecular formula is C14H16N2O5. The summed E-state index contributed by atoms with van der Waals surface area (Å²) >= 11 is 0. The Bertz CT molecular complexity index is 576. The van der Waals surface area contributed by atoms with Crippen molar-refractivity contribution in [2.24, 2.45) is 11.7 Å². The van der Waals surface area contributed by atoms with E-state index in [1.165, 1.54) is 24.3 Å². The van der Waals surface area contributed by atoms with E-state index in [1.807, 2.05) is 13.8 Å². The van der Waals surface area contributed by atoms with E-state index in [-0.39, 0.29) is 23.8 Å². The van der Waals surface area contributed by atoms with E-state index in [4.69, 9.17) is 10.5 Å². The van der Waals surface area contributed by atoms with Gasteiger partial charge in [-0.2, -0.15) is 0 Å². The van der Waals surface area contributed by atoms with Gasteiger partial charge in [0.2, 0.25) is 5.91 Å². The zero-order chi connectivity index (χ0) is 16.0. The van der Waals surface area contributed by atoms with Crippen molar-refractivity contribution < 1.29 is 19.2 Å². The van der Waals surface area contributed by atoms with E-state index >= 15 is 0 Å². The molecule has 0 spiro atoms. The monoisotopic (exact) mass is 292 g/mol. The Morgan fingerprint density at radius 3 is 2.33 bits per heavy atom. The van der Waals surface area contributed by atoms with Crippen LogP contribution in [0.5, 0.6) is 0 Å². The molecule has 1 rings (SSSR count). The average molecular weight is 292 g/mol. The van der Waals surface area contributed by atoms with Crippen LogP contribution in [-0.4, -0.2) is 23.4 Å². The molecule has 0 saturated heterocycles. The summed E-state index contributed by atoms with van der Waals surface area (Å²) in [6, 6.07) is 5.20. The lowest BCUT2D eigenvalue weighted by Crippen LogP contribution is -2.15. The third-order valence-corrected chi connectivity index (χ3v) is 2.44. The quantitative estimate of drug-likeness (QED) is 0.371. The van der Waals surface area contributed by atoms with Crippen LogP contribution in [-0.2, 0) is 14.3 Å². The molecule has 0 radical (unpaired) electrons. The van der Waals surface area contributed by atoms with E-state index < -0.39 is 16.8 Å². The van der Waals surface area contributed by atoms with Crippen LogP contribution in [0.1, 0.15) is 19.4 Å². The second-order valence-corrected chi connectivity index (χ2v) is 4.76. The number of hydrogen-bond acceptors (Lipinski definition) is 5. The molecule has 0 saturated carbocycles. The lowest BCUT2D eigenvalue weighted by atomic mass is 10.0.